The molecule has 1 aliphatic rings. The Kier molecular flexibility index (Phi) is 4.00. The van der Waals surface area contributed by atoms with Crippen molar-refractivity contribution in [3.05, 3.63) is 18.0 Å². The molecule has 8 nitrogen and oxygen atoms in total. The van der Waals surface area contributed by atoms with Gasteiger partial charge in [-0.25, -0.2) is 0 Å². The van der Waals surface area contributed by atoms with E-state index in [9.17, 15) is 4.79 Å². The van der Waals surface area contributed by atoms with Gasteiger partial charge >= 0.3 is 0 Å². The Morgan fingerprint density at radius 1 is 1.58 bits per heavy atom. The first-order chi connectivity index (χ1) is 9.19. The molecular weight excluding hydrogens is 252 g/mol. The zero-order chi connectivity index (χ0) is 13.7. The molecule has 2 rings (SSSR count). The molecule has 19 heavy (non-hydrogen) atoms. The minimum Gasteiger partial charge on any atom is -0.409 e. The van der Waals surface area contributed by atoms with Gasteiger partial charge in [-0.2, -0.15) is 0 Å². The van der Waals surface area contributed by atoms with Gasteiger partial charge < -0.3 is 25.5 Å². The molecule has 1 fully saturated rings. The first kappa shape index (κ1) is 13.3. The highest BCUT2D eigenvalue weighted by molar-refractivity contribution is 6.06. The Morgan fingerprint density at radius 3 is 2.89 bits per heavy atom. The maximum Gasteiger partial charge on any atom is 0.234 e. The lowest BCUT2D eigenvalue weighted by Crippen LogP contribution is -2.52. The standard InChI is InChI=1S/C11H16N4O4/c12-9(15-17)11(2-5-18-6-3-11)10(16)13-7-8-1-4-14-19-8/h1,4,17H,2-3,5-7H2,(H2,12,15)(H,13,16). The molecule has 2 heterocycles. The summed E-state index contributed by atoms with van der Waals surface area (Å²) in [5.41, 5.74) is 4.66. The van der Waals surface area contributed by atoms with Gasteiger partial charge in [-0.05, 0) is 12.8 Å². The van der Waals surface area contributed by atoms with Crippen LogP contribution in [0.1, 0.15) is 18.6 Å². The molecule has 0 spiro atoms. The lowest BCUT2D eigenvalue weighted by molar-refractivity contribution is -0.131. The summed E-state index contributed by atoms with van der Waals surface area (Å²) in [4.78, 5) is 12.3. The summed E-state index contributed by atoms with van der Waals surface area (Å²) in [5.74, 6) is 0.142. The molecule has 0 atom stereocenters. The number of nitrogens with zero attached hydrogens (tertiary/aromatic N) is 2. The van der Waals surface area contributed by atoms with Crippen LogP contribution in [0.2, 0.25) is 0 Å². The van der Waals surface area contributed by atoms with E-state index in [2.05, 4.69) is 15.6 Å². The van der Waals surface area contributed by atoms with Crippen LogP contribution in [0.3, 0.4) is 0 Å². The maximum atomic E-state index is 12.3. The molecule has 0 saturated carbocycles. The molecule has 0 unspecified atom stereocenters. The van der Waals surface area contributed by atoms with E-state index in [1.807, 2.05) is 0 Å². The molecule has 1 aromatic rings. The first-order valence-electron chi connectivity index (χ1n) is 5.92. The van der Waals surface area contributed by atoms with E-state index < -0.39 is 5.41 Å². The van der Waals surface area contributed by atoms with Crippen LogP contribution in [0.5, 0.6) is 0 Å². The van der Waals surface area contributed by atoms with Crippen LogP contribution in [0.25, 0.3) is 0 Å². The smallest absolute Gasteiger partial charge is 0.234 e. The first-order valence-corrected chi connectivity index (χ1v) is 5.92. The highest BCUT2D eigenvalue weighted by Crippen LogP contribution is 2.31. The minimum absolute atomic E-state index is 0.0918. The number of hydrogen-bond donors (Lipinski definition) is 3. The van der Waals surface area contributed by atoms with Gasteiger partial charge in [0.15, 0.2) is 11.6 Å². The summed E-state index contributed by atoms with van der Waals surface area (Å²) >= 11 is 0. The number of oxime groups is 1. The van der Waals surface area contributed by atoms with Crippen molar-refractivity contribution in [3.63, 3.8) is 0 Å². The summed E-state index contributed by atoms with van der Waals surface area (Å²) in [6.07, 6.45) is 2.26. The number of hydrogen-bond acceptors (Lipinski definition) is 6. The van der Waals surface area contributed by atoms with Crippen molar-refractivity contribution < 1.29 is 19.3 Å². The van der Waals surface area contributed by atoms with Crippen molar-refractivity contribution in [1.29, 1.82) is 0 Å². The van der Waals surface area contributed by atoms with Crippen molar-refractivity contribution in [1.82, 2.24) is 10.5 Å². The Balaban J connectivity index is 2.07. The number of rotatable bonds is 4. The quantitative estimate of drug-likeness (QED) is 0.301. The number of ether oxygens (including phenoxy) is 1. The number of aromatic nitrogens is 1. The van der Waals surface area contributed by atoms with Crippen LogP contribution in [0.4, 0.5) is 0 Å². The molecule has 4 N–H and O–H groups in total. The van der Waals surface area contributed by atoms with Crippen molar-refractivity contribution >= 4 is 11.7 Å². The second kappa shape index (κ2) is 5.70. The molecule has 1 saturated heterocycles. The molecule has 0 radical (unpaired) electrons. The van der Waals surface area contributed by atoms with Crippen LogP contribution < -0.4 is 11.1 Å². The van der Waals surface area contributed by atoms with Gasteiger partial charge in [0.25, 0.3) is 0 Å². The topological polar surface area (TPSA) is 123 Å². The summed E-state index contributed by atoms with van der Waals surface area (Å²) in [5, 5.41) is 18.1. The predicted octanol–water partition coefficient (Wildman–Crippen LogP) is -0.166. The average molecular weight is 268 g/mol. The minimum atomic E-state index is -1.02. The number of nitrogens with two attached hydrogens (primary N) is 1. The van der Waals surface area contributed by atoms with Crippen LogP contribution in [0.15, 0.2) is 21.9 Å². The lowest BCUT2D eigenvalue weighted by atomic mass is 9.78. The Hall–Kier alpha value is -2.09. The molecule has 1 aromatic heterocycles. The number of amides is 1. The van der Waals surface area contributed by atoms with Gasteiger partial charge in [0, 0.05) is 19.3 Å². The van der Waals surface area contributed by atoms with E-state index in [1.54, 1.807) is 6.07 Å². The number of nitrogens with one attached hydrogen (secondary N) is 1. The maximum absolute atomic E-state index is 12.3. The van der Waals surface area contributed by atoms with Gasteiger partial charge in [0.05, 0.1) is 12.7 Å². The van der Waals surface area contributed by atoms with E-state index in [4.69, 9.17) is 20.2 Å². The molecule has 0 aliphatic carbocycles. The highest BCUT2D eigenvalue weighted by Gasteiger charge is 2.44. The van der Waals surface area contributed by atoms with E-state index in [1.165, 1.54) is 6.20 Å². The zero-order valence-corrected chi connectivity index (χ0v) is 10.3. The lowest BCUT2D eigenvalue weighted by Gasteiger charge is -2.34. The molecule has 104 valence electrons. The number of amidine groups is 1. The SMILES string of the molecule is NC(=NO)C1(C(=O)NCc2ccno2)CCOCC1. The number of carbonyl (C=O) groups excluding carboxylic acids is 1. The normalized spacial score (nSPS) is 19.1. The average Bonchev–Trinajstić information content (AvgIpc) is 2.97. The summed E-state index contributed by atoms with van der Waals surface area (Å²) < 4.78 is 10.1. The van der Waals surface area contributed by atoms with Crippen molar-refractivity contribution in [2.24, 2.45) is 16.3 Å². The second-order valence-corrected chi connectivity index (χ2v) is 4.34. The summed E-state index contributed by atoms with van der Waals surface area (Å²) in [6, 6.07) is 1.65. The molecular formula is C11H16N4O4. The van der Waals surface area contributed by atoms with E-state index >= 15 is 0 Å². The third-order valence-electron chi connectivity index (χ3n) is 3.29. The largest absolute Gasteiger partial charge is 0.409 e. The van der Waals surface area contributed by atoms with Crippen LogP contribution in [-0.4, -0.2) is 35.3 Å². The van der Waals surface area contributed by atoms with Crippen molar-refractivity contribution in [2.75, 3.05) is 13.2 Å². The fourth-order valence-electron chi connectivity index (χ4n) is 2.09. The van der Waals surface area contributed by atoms with Gasteiger partial charge in [-0.1, -0.05) is 10.3 Å². The van der Waals surface area contributed by atoms with Crippen LogP contribution in [-0.2, 0) is 16.1 Å². The van der Waals surface area contributed by atoms with Gasteiger partial charge in [-0.15, -0.1) is 0 Å². The van der Waals surface area contributed by atoms with Gasteiger partial charge in [0.2, 0.25) is 5.91 Å². The fraction of sp³-hybridized carbons (Fsp3) is 0.545. The Morgan fingerprint density at radius 2 is 2.32 bits per heavy atom. The third kappa shape index (κ3) is 2.68. The summed E-state index contributed by atoms with van der Waals surface area (Å²) in [6.45, 7) is 0.998. The van der Waals surface area contributed by atoms with Gasteiger partial charge in [-0.3, -0.25) is 4.79 Å². The third-order valence-corrected chi connectivity index (χ3v) is 3.29. The number of carbonyl (C=O) groups is 1. The van der Waals surface area contributed by atoms with Crippen LogP contribution in [0, 0.1) is 5.41 Å². The van der Waals surface area contributed by atoms with Crippen molar-refractivity contribution in [3.8, 4) is 0 Å². The van der Waals surface area contributed by atoms with Gasteiger partial charge in [0.1, 0.15) is 5.41 Å². The fourth-order valence-corrected chi connectivity index (χ4v) is 2.09. The Labute approximate surface area is 109 Å². The molecule has 1 amide bonds. The zero-order valence-electron chi connectivity index (χ0n) is 10.3. The van der Waals surface area contributed by atoms with E-state index in [0.29, 0.717) is 31.8 Å². The van der Waals surface area contributed by atoms with Crippen LogP contribution >= 0.6 is 0 Å². The van der Waals surface area contributed by atoms with E-state index in [-0.39, 0.29) is 18.3 Å². The highest BCUT2D eigenvalue weighted by atomic mass is 16.5. The monoisotopic (exact) mass is 268 g/mol. The molecule has 0 bridgehead atoms. The molecule has 1 aliphatic heterocycles. The van der Waals surface area contributed by atoms with E-state index in [0.717, 1.165) is 0 Å². The predicted molar refractivity (Wildman–Crippen MR) is 64.2 cm³/mol. The molecule has 0 aromatic carbocycles. The second-order valence-electron chi connectivity index (χ2n) is 4.34. The summed E-state index contributed by atoms with van der Waals surface area (Å²) in [7, 11) is 0. The Bertz CT molecular complexity index is 451. The molecule has 8 heteroatoms. The van der Waals surface area contributed by atoms with Crippen molar-refractivity contribution in [2.45, 2.75) is 19.4 Å².